The molecular formula is C46H34N2. The van der Waals surface area contributed by atoms with Crippen LogP contribution in [-0.4, -0.2) is 9.13 Å². The van der Waals surface area contributed by atoms with Crippen molar-refractivity contribution >= 4 is 43.6 Å². The molecule has 9 aromatic rings. The first-order valence-corrected chi connectivity index (χ1v) is 17.0. The lowest BCUT2D eigenvalue weighted by molar-refractivity contribution is 0.713. The molecule has 0 saturated heterocycles. The zero-order valence-corrected chi connectivity index (χ0v) is 27.1. The van der Waals surface area contributed by atoms with Gasteiger partial charge in [-0.1, -0.05) is 116 Å². The lowest BCUT2D eigenvalue weighted by Gasteiger charge is -2.29. The number of aryl methyl sites for hydroxylation is 1. The second-order valence-electron chi connectivity index (χ2n) is 13.4. The van der Waals surface area contributed by atoms with E-state index in [0.717, 1.165) is 6.42 Å². The van der Waals surface area contributed by atoms with Gasteiger partial charge in [-0.25, -0.2) is 0 Å². The van der Waals surface area contributed by atoms with Crippen molar-refractivity contribution in [2.45, 2.75) is 25.7 Å². The number of hydrogen-bond donors (Lipinski definition) is 0. The van der Waals surface area contributed by atoms with Gasteiger partial charge in [-0.05, 0) is 95.3 Å². The van der Waals surface area contributed by atoms with Crippen LogP contribution in [0, 0.1) is 0 Å². The van der Waals surface area contributed by atoms with E-state index in [1.807, 2.05) is 0 Å². The number of aromatic nitrogens is 2. The summed E-state index contributed by atoms with van der Waals surface area (Å²) in [6.07, 6.45) is 1.04. The summed E-state index contributed by atoms with van der Waals surface area (Å²) in [5.74, 6) is 0. The van der Waals surface area contributed by atoms with Crippen molar-refractivity contribution in [1.82, 2.24) is 9.13 Å². The number of nitrogens with zero attached hydrogens (tertiary/aromatic N) is 2. The summed E-state index contributed by atoms with van der Waals surface area (Å²) < 4.78 is 4.88. The first kappa shape index (κ1) is 27.3. The molecule has 1 aliphatic carbocycles. The van der Waals surface area contributed by atoms with Gasteiger partial charge in [-0.15, -0.1) is 0 Å². The van der Waals surface area contributed by atoms with Crippen molar-refractivity contribution < 1.29 is 0 Å². The fourth-order valence-corrected chi connectivity index (χ4v) is 8.59. The Hall–Kier alpha value is -5.86. The predicted octanol–water partition coefficient (Wildman–Crippen LogP) is 11.8. The summed E-state index contributed by atoms with van der Waals surface area (Å²) in [6.45, 7) is 4.64. The van der Waals surface area contributed by atoms with Crippen LogP contribution in [0.1, 0.15) is 36.1 Å². The molecule has 1 aliphatic rings. The van der Waals surface area contributed by atoms with Gasteiger partial charge >= 0.3 is 0 Å². The third kappa shape index (κ3) is 3.63. The minimum atomic E-state index is -0.282. The second-order valence-corrected chi connectivity index (χ2v) is 13.4. The topological polar surface area (TPSA) is 9.86 Å². The highest BCUT2D eigenvalue weighted by Gasteiger charge is 2.41. The van der Waals surface area contributed by atoms with E-state index in [1.165, 1.54) is 88.4 Å². The molecule has 2 heterocycles. The number of para-hydroxylation sites is 4. The monoisotopic (exact) mass is 614 g/mol. The third-order valence-electron chi connectivity index (χ3n) is 11.0. The Labute approximate surface area is 280 Å². The predicted molar refractivity (Wildman–Crippen MR) is 202 cm³/mol. The molecule has 0 unspecified atom stereocenters. The molecule has 10 rings (SSSR count). The summed E-state index contributed by atoms with van der Waals surface area (Å²) in [5, 5.41) is 5.12. The molecule has 7 aromatic carbocycles. The van der Waals surface area contributed by atoms with Crippen LogP contribution in [0.3, 0.4) is 0 Å². The normalized spacial score (nSPS) is 13.5. The minimum Gasteiger partial charge on any atom is -0.309 e. The van der Waals surface area contributed by atoms with Gasteiger partial charge in [-0.3, -0.25) is 0 Å². The van der Waals surface area contributed by atoms with Gasteiger partial charge < -0.3 is 9.13 Å². The molecule has 0 spiro atoms. The average molecular weight is 615 g/mol. The van der Waals surface area contributed by atoms with Crippen LogP contribution in [0.4, 0.5) is 0 Å². The quantitative estimate of drug-likeness (QED) is 0.187. The van der Waals surface area contributed by atoms with E-state index in [-0.39, 0.29) is 5.41 Å². The van der Waals surface area contributed by atoms with Crippen LogP contribution >= 0.6 is 0 Å². The number of benzene rings is 7. The van der Waals surface area contributed by atoms with E-state index in [9.17, 15) is 0 Å². The number of fused-ring (bicyclic) bond motifs is 9. The van der Waals surface area contributed by atoms with Gasteiger partial charge in [0.1, 0.15) is 0 Å². The first-order valence-electron chi connectivity index (χ1n) is 17.0. The van der Waals surface area contributed by atoms with E-state index < -0.39 is 0 Å². The van der Waals surface area contributed by atoms with E-state index >= 15 is 0 Å². The van der Waals surface area contributed by atoms with Crippen molar-refractivity contribution in [1.29, 1.82) is 0 Å². The molecule has 0 saturated carbocycles. The fourth-order valence-electron chi connectivity index (χ4n) is 8.59. The maximum absolute atomic E-state index is 2.44. The fraction of sp³-hybridized carbons (Fsp3) is 0.0870. The Kier molecular flexibility index (Phi) is 5.72. The molecule has 0 N–H and O–H groups in total. The molecule has 0 bridgehead atoms. The molecule has 0 amide bonds. The van der Waals surface area contributed by atoms with E-state index in [4.69, 9.17) is 0 Å². The highest BCUT2D eigenvalue weighted by molar-refractivity contribution is 6.10. The van der Waals surface area contributed by atoms with Crippen LogP contribution in [-0.2, 0) is 11.8 Å². The van der Waals surface area contributed by atoms with Gasteiger partial charge in [0, 0.05) is 38.3 Å². The molecule has 0 radical (unpaired) electrons. The Balaban J connectivity index is 1.26. The van der Waals surface area contributed by atoms with E-state index in [0.29, 0.717) is 0 Å². The molecule has 0 atom stereocenters. The number of hydrogen-bond acceptors (Lipinski definition) is 0. The Morgan fingerprint density at radius 3 is 1.19 bits per heavy atom. The molecule has 228 valence electrons. The Morgan fingerprint density at radius 2 is 0.812 bits per heavy atom. The largest absolute Gasteiger partial charge is 0.309 e. The maximum Gasteiger partial charge on any atom is 0.0541 e. The summed E-state index contributed by atoms with van der Waals surface area (Å²) in [4.78, 5) is 0. The minimum absolute atomic E-state index is 0.282. The summed E-state index contributed by atoms with van der Waals surface area (Å²) in [6, 6.07) is 58.7. The standard InChI is InChI=1S/C46H34N2/c1-3-30-20-22-31(23-21-30)46(2)40-26-24-32(47-42-16-8-4-12-34(42)35-13-5-9-17-43(35)47)28-38(40)39-29-33(25-27-41(39)46)48-44-18-10-6-14-36(44)37-15-7-11-19-45(37)48/h4-29H,3H2,1-2H3. The third-order valence-corrected chi connectivity index (χ3v) is 11.0. The van der Waals surface area contributed by atoms with Gasteiger partial charge in [0.15, 0.2) is 0 Å². The van der Waals surface area contributed by atoms with Crippen LogP contribution < -0.4 is 0 Å². The van der Waals surface area contributed by atoms with Gasteiger partial charge in [-0.2, -0.15) is 0 Å². The zero-order valence-electron chi connectivity index (χ0n) is 27.1. The van der Waals surface area contributed by atoms with Crippen LogP contribution in [0.15, 0.2) is 158 Å². The molecule has 2 aromatic heterocycles. The van der Waals surface area contributed by atoms with E-state index in [2.05, 4.69) is 181 Å². The van der Waals surface area contributed by atoms with Crippen LogP contribution in [0.5, 0.6) is 0 Å². The summed E-state index contributed by atoms with van der Waals surface area (Å²) >= 11 is 0. The molecular weight excluding hydrogens is 581 g/mol. The van der Waals surface area contributed by atoms with Crippen molar-refractivity contribution in [3.8, 4) is 22.5 Å². The summed E-state index contributed by atoms with van der Waals surface area (Å²) in [5.41, 5.74) is 15.0. The van der Waals surface area contributed by atoms with Crippen molar-refractivity contribution in [3.05, 3.63) is 180 Å². The Morgan fingerprint density at radius 1 is 0.438 bits per heavy atom. The zero-order chi connectivity index (χ0) is 32.0. The average Bonchev–Trinajstić information content (AvgIpc) is 3.75. The maximum atomic E-state index is 2.44. The van der Waals surface area contributed by atoms with Crippen LogP contribution in [0.25, 0.3) is 66.1 Å². The SMILES string of the molecule is CCc1ccc(C2(C)c3ccc(-n4c5ccccc5c5ccccc54)cc3-c3cc(-n4c5ccccc5c5ccccc54)ccc32)cc1. The molecule has 0 fully saturated rings. The highest BCUT2D eigenvalue weighted by Crippen LogP contribution is 2.54. The van der Waals surface area contributed by atoms with Gasteiger partial charge in [0.25, 0.3) is 0 Å². The molecule has 2 heteroatoms. The van der Waals surface area contributed by atoms with Gasteiger partial charge in [0.2, 0.25) is 0 Å². The molecule has 0 aliphatic heterocycles. The lowest BCUT2D eigenvalue weighted by Crippen LogP contribution is -2.22. The van der Waals surface area contributed by atoms with Crippen molar-refractivity contribution in [2.24, 2.45) is 0 Å². The smallest absolute Gasteiger partial charge is 0.0541 e. The van der Waals surface area contributed by atoms with Crippen molar-refractivity contribution in [3.63, 3.8) is 0 Å². The first-order chi connectivity index (χ1) is 23.6. The van der Waals surface area contributed by atoms with Crippen molar-refractivity contribution in [2.75, 3.05) is 0 Å². The highest BCUT2D eigenvalue weighted by atomic mass is 15.0. The Bertz CT molecular complexity index is 2450. The lowest BCUT2D eigenvalue weighted by atomic mass is 9.74. The van der Waals surface area contributed by atoms with E-state index in [1.54, 1.807) is 0 Å². The summed E-state index contributed by atoms with van der Waals surface area (Å²) in [7, 11) is 0. The number of rotatable bonds is 4. The van der Waals surface area contributed by atoms with Crippen LogP contribution in [0.2, 0.25) is 0 Å². The molecule has 2 nitrogen and oxygen atoms in total. The molecule has 48 heavy (non-hydrogen) atoms. The van der Waals surface area contributed by atoms with Gasteiger partial charge in [0.05, 0.1) is 22.1 Å². The second kappa shape index (κ2) is 10.1.